The van der Waals surface area contributed by atoms with Crippen LogP contribution in [-0.2, 0) is 26.0 Å². The molecule has 0 saturated carbocycles. The van der Waals surface area contributed by atoms with Crippen LogP contribution in [-0.4, -0.2) is 62.7 Å². The predicted octanol–water partition coefficient (Wildman–Crippen LogP) is 5.38. The van der Waals surface area contributed by atoms with Crippen molar-refractivity contribution < 1.29 is 22.7 Å². The number of ether oxygens (including phenoxy) is 1. The quantitative estimate of drug-likeness (QED) is 0.261. The predicted molar refractivity (Wildman–Crippen MR) is 170 cm³/mol. The lowest BCUT2D eigenvalue weighted by Gasteiger charge is -2.33. The number of para-hydroxylation sites is 2. The second-order valence-electron chi connectivity index (χ2n) is 10.8. The maximum atomic E-state index is 14.1. The topological polar surface area (TPSA) is 96.0 Å². The second-order valence-corrected chi connectivity index (χ2v) is 13.6. The number of hydrogen-bond donors (Lipinski definition) is 1. The molecule has 1 atom stereocenters. The van der Waals surface area contributed by atoms with E-state index in [1.807, 2.05) is 64.3 Å². The van der Waals surface area contributed by atoms with Crippen LogP contribution in [0.2, 0.25) is 0 Å². The highest BCUT2D eigenvalue weighted by Crippen LogP contribution is 2.33. The number of benzene rings is 3. The van der Waals surface area contributed by atoms with E-state index in [4.69, 9.17) is 4.74 Å². The van der Waals surface area contributed by atoms with Crippen LogP contribution in [0, 0.1) is 0 Å². The molecule has 0 aliphatic rings. The van der Waals surface area contributed by atoms with Crippen LogP contribution in [0.5, 0.6) is 5.75 Å². The van der Waals surface area contributed by atoms with Gasteiger partial charge in [0.05, 0.1) is 17.2 Å². The summed E-state index contributed by atoms with van der Waals surface area (Å²) in [6.07, 6.45) is 2.41. The summed E-state index contributed by atoms with van der Waals surface area (Å²) in [6.45, 7) is 9.11. The van der Waals surface area contributed by atoms with E-state index >= 15 is 0 Å². The fourth-order valence-corrected chi connectivity index (χ4v) is 6.21. The first-order chi connectivity index (χ1) is 19.9. The first kappa shape index (κ1) is 33.0. The molecule has 3 aromatic carbocycles. The molecule has 226 valence electrons. The van der Waals surface area contributed by atoms with Crippen molar-refractivity contribution in [2.24, 2.45) is 0 Å². The molecule has 0 aliphatic carbocycles. The number of hydrogen-bond acceptors (Lipinski definition) is 6. The monoisotopic (exact) mass is 611 g/mol. The summed E-state index contributed by atoms with van der Waals surface area (Å²) in [5.41, 5.74) is 0.740. The zero-order chi connectivity index (χ0) is 30.9. The molecule has 42 heavy (non-hydrogen) atoms. The highest BCUT2D eigenvalue weighted by molar-refractivity contribution is 7.98. The van der Waals surface area contributed by atoms with Crippen LogP contribution in [0.25, 0.3) is 0 Å². The van der Waals surface area contributed by atoms with Crippen molar-refractivity contribution in [3.63, 3.8) is 0 Å². The van der Waals surface area contributed by atoms with Crippen molar-refractivity contribution in [1.29, 1.82) is 0 Å². The summed E-state index contributed by atoms with van der Waals surface area (Å²) in [4.78, 5) is 29.8. The molecule has 3 rings (SSSR count). The number of nitrogens with one attached hydrogen (secondary N) is 1. The summed E-state index contributed by atoms with van der Waals surface area (Å²) < 4.78 is 35.1. The second kappa shape index (κ2) is 14.6. The molecule has 3 aromatic rings. The number of nitrogens with zero attached hydrogens (tertiary/aromatic N) is 2. The standard InChI is InChI=1S/C32H41N3O5S2/c1-7-40-29-16-12-11-15-28(29)35(42(38,39)27-19-17-26(41-6)18-20-27)23-30(36)34(22-21-25-13-9-8-10-14-25)24(2)31(37)33-32(3,4)5/h8-20,24H,7,21-23H2,1-6H3,(H,33,37)/t24-/m0/s1. The van der Waals surface area contributed by atoms with Gasteiger partial charge in [0.15, 0.2) is 0 Å². The average Bonchev–Trinajstić information content (AvgIpc) is 2.96. The molecule has 10 heteroatoms. The van der Waals surface area contributed by atoms with Gasteiger partial charge in [-0.05, 0) is 89.3 Å². The summed E-state index contributed by atoms with van der Waals surface area (Å²) in [5, 5.41) is 2.94. The van der Waals surface area contributed by atoms with E-state index in [9.17, 15) is 18.0 Å². The van der Waals surface area contributed by atoms with Crippen LogP contribution < -0.4 is 14.4 Å². The third-order valence-corrected chi connectivity index (χ3v) is 9.03. The molecule has 0 aromatic heterocycles. The fourth-order valence-electron chi connectivity index (χ4n) is 4.37. The average molecular weight is 612 g/mol. The lowest BCUT2D eigenvalue weighted by atomic mass is 10.1. The SMILES string of the molecule is CCOc1ccccc1N(CC(=O)N(CCc1ccccc1)[C@@H](C)C(=O)NC(C)(C)C)S(=O)(=O)c1ccc(SC)cc1. The van der Waals surface area contributed by atoms with E-state index in [-0.39, 0.29) is 23.0 Å². The van der Waals surface area contributed by atoms with Crippen molar-refractivity contribution in [3.8, 4) is 5.75 Å². The van der Waals surface area contributed by atoms with Crippen molar-refractivity contribution in [2.45, 2.75) is 62.4 Å². The normalized spacial score (nSPS) is 12.3. The van der Waals surface area contributed by atoms with Crippen LogP contribution >= 0.6 is 11.8 Å². The molecule has 1 N–H and O–H groups in total. The Balaban J connectivity index is 2.04. The van der Waals surface area contributed by atoms with E-state index in [1.54, 1.807) is 43.3 Å². The minimum absolute atomic E-state index is 0.0498. The van der Waals surface area contributed by atoms with E-state index in [1.165, 1.54) is 28.8 Å². The Morgan fingerprint density at radius 1 is 0.952 bits per heavy atom. The molecule has 0 fully saturated rings. The van der Waals surface area contributed by atoms with Gasteiger partial charge in [-0.25, -0.2) is 8.42 Å². The number of thioether (sulfide) groups is 1. The maximum absolute atomic E-state index is 14.1. The van der Waals surface area contributed by atoms with E-state index < -0.39 is 34.1 Å². The number of rotatable bonds is 13. The van der Waals surface area contributed by atoms with E-state index in [2.05, 4.69) is 5.32 Å². The van der Waals surface area contributed by atoms with Gasteiger partial charge in [0.1, 0.15) is 18.3 Å². The molecule has 0 aliphatic heterocycles. The van der Waals surface area contributed by atoms with Gasteiger partial charge in [-0.1, -0.05) is 42.5 Å². The van der Waals surface area contributed by atoms with E-state index in [0.29, 0.717) is 18.8 Å². The third-order valence-electron chi connectivity index (χ3n) is 6.51. The van der Waals surface area contributed by atoms with Crippen molar-refractivity contribution >= 4 is 39.3 Å². The molecule has 0 bridgehead atoms. The van der Waals surface area contributed by atoms with Crippen molar-refractivity contribution in [3.05, 3.63) is 84.4 Å². The molecular formula is C32H41N3O5S2. The summed E-state index contributed by atoms with van der Waals surface area (Å²) in [7, 11) is -4.19. The van der Waals surface area contributed by atoms with Gasteiger partial charge in [-0.15, -0.1) is 11.8 Å². The smallest absolute Gasteiger partial charge is 0.264 e. The number of sulfonamides is 1. The lowest BCUT2D eigenvalue weighted by Crippen LogP contribution is -2.55. The van der Waals surface area contributed by atoms with Gasteiger partial charge in [-0.2, -0.15) is 0 Å². The largest absolute Gasteiger partial charge is 0.492 e. The molecule has 0 radical (unpaired) electrons. The minimum Gasteiger partial charge on any atom is -0.492 e. The van der Waals surface area contributed by atoms with Gasteiger partial charge in [0.2, 0.25) is 11.8 Å². The molecular weight excluding hydrogens is 571 g/mol. The molecule has 2 amide bonds. The molecule has 0 heterocycles. The number of amides is 2. The van der Waals surface area contributed by atoms with Gasteiger partial charge < -0.3 is 15.0 Å². The van der Waals surface area contributed by atoms with E-state index in [0.717, 1.165) is 14.8 Å². The Bertz CT molecular complexity index is 1440. The molecule has 8 nitrogen and oxygen atoms in total. The van der Waals surface area contributed by atoms with Gasteiger partial charge in [-0.3, -0.25) is 13.9 Å². The first-order valence-electron chi connectivity index (χ1n) is 13.9. The first-order valence-corrected chi connectivity index (χ1v) is 16.6. The minimum atomic E-state index is -4.19. The van der Waals surface area contributed by atoms with Crippen LogP contribution in [0.15, 0.2) is 88.7 Å². The van der Waals surface area contributed by atoms with Crippen LogP contribution in [0.3, 0.4) is 0 Å². The Morgan fingerprint density at radius 2 is 1.57 bits per heavy atom. The third kappa shape index (κ3) is 8.75. The number of carbonyl (C=O) groups is 2. The van der Waals surface area contributed by atoms with Crippen molar-refractivity contribution in [1.82, 2.24) is 10.2 Å². The fraction of sp³-hybridized carbons (Fsp3) is 0.375. The zero-order valence-electron chi connectivity index (χ0n) is 25.2. The molecule has 0 saturated heterocycles. The highest BCUT2D eigenvalue weighted by atomic mass is 32.2. The Morgan fingerprint density at radius 3 is 2.17 bits per heavy atom. The summed E-state index contributed by atoms with van der Waals surface area (Å²) >= 11 is 1.50. The number of anilines is 1. The highest BCUT2D eigenvalue weighted by Gasteiger charge is 2.34. The summed E-state index contributed by atoms with van der Waals surface area (Å²) in [5.74, 6) is -0.481. The lowest BCUT2D eigenvalue weighted by molar-refractivity contribution is -0.139. The molecule has 0 spiro atoms. The van der Waals surface area contributed by atoms with Gasteiger partial charge >= 0.3 is 0 Å². The van der Waals surface area contributed by atoms with Gasteiger partial charge in [0.25, 0.3) is 10.0 Å². The van der Waals surface area contributed by atoms with Crippen LogP contribution in [0.4, 0.5) is 5.69 Å². The Hall–Kier alpha value is -3.50. The Labute approximate surface area is 254 Å². The van der Waals surface area contributed by atoms with Gasteiger partial charge in [0, 0.05) is 17.0 Å². The number of carbonyl (C=O) groups excluding carboxylic acids is 2. The molecule has 0 unspecified atom stereocenters. The zero-order valence-corrected chi connectivity index (χ0v) is 26.8. The maximum Gasteiger partial charge on any atom is 0.264 e. The van der Waals surface area contributed by atoms with Crippen LogP contribution in [0.1, 0.15) is 40.2 Å². The summed E-state index contributed by atoms with van der Waals surface area (Å²) in [6, 6.07) is 22.1. The Kier molecular flexibility index (Phi) is 11.5. The van der Waals surface area contributed by atoms with Crippen molar-refractivity contribution in [2.75, 3.05) is 30.3 Å².